The Balaban J connectivity index is 3.98. The first-order valence-corrected chi connectivity index (χ1v) is 3.53. The number of esters is 2. The standard InChI is InChI=1S/C7H9ClO4/c1-11-6(9)4-3-5(8)7(10)12-2/h3-5H,1-2H3/b4-3+. The van der Waals surface area contributed by atoms with Crippen LogP contribution in [0.3, 0.4) is 0 Å². The predicted octanol–water partition coefficient (Wildman–Crippen LogP) is 0.496. The highest BCUT2D eigenvalue weighted by molar-refractivity contribution is 6.31. The molecule has 0 N–H and O–H groups in total. The Labute approximate surface area is 75.1 Å². The number of carbonyl (C=O) groups excluding carboxylic acids is 2. The van der Waals surface area contributed by atoms with Crippen molar-refractivity contribution in [2.24, 2.45) is 0 Å². The van der Waals surface area contributed by atoms with E-state index in [0.29, 0.717) is 0 Å². The SMILES string of the molecule is COC(=O)/C=C/C(Cl)C(=O)OC. The van der Waals surface area contributed by atoms with Gasteiger partial charge >= 0.3 is 11.9 Å². The lowest BCUT2D eigenvalue weighted by Gasteiger charge is -1.99. The van der Waals surface area contributed by atoms with Crippen molar-refractivity contribution in [3.8, 4) is 0 Å². The van der Waals surface area contributed by atoms with Gasteiger partial charge in [0.1, 0.15) is 5.38 Å². The fourth-order valence-corrected chi connectivity index (χ4v) is 0.584. The highest BCUT2D eigenvalue weighted by atomic mass is 35.5. The van der Waals surface area contributed by atoms with Gasteiger partial charge in [0.05, 0.1) is 14.2 Å². The molecule has 0 heterocycles. The van der Waals surface area contributed by atoms with Gasteiger partial charge in [-0.1, -0.05) is 0 Å². The number of ether oxygens (including phenoxy) is 2. The molecule has 0 aromatic carbocycles. The molecule has 0 radical (unpaired) electrons. The Kier molecular flexibility index (Phi) is 5.12. The van der Waals surface area contributed by atoms with Crippen molar-refractivity contribution in [2.45, 2.75) is 5.38 Å². The van der Waals surface area contributed by atoms with Gasteiger partial charge in [0.25, 0.3) is 0 Å². The summed E-state index contributed by atoms with van der Waals surface area (Å²) in [6, 6.07) is 0. The fraction of sp³-hybridized carbons (Fsp3) is 0.429. The van der Waals surface area contributed by atoms with Crippen molar-refractivity contribution in [3.05, 3.63) is 12.2 Å². The van der Waals surface area contributed by atoms with Crippen LogP contribution in [-0.2, 0) is 19.1 Å². The summed E-state index contributed by atoms with van der Waals surface area (Å²) in [6.07, 6.45) is 2.26. The Bertz CT molecular complexity index is 200. The average molecular weight is 193 g/mol. The quantitative estimate of drug-likeness (QED) is 0.371. The number of halogens is 1. The van der Waals surface area contributed by atoms with Gasteiger partial charge in [-0.3, -0.25) is 4.79 Å². The topological polar surface area (TPSA) is 52.6 Å². The maximum Gasteiger partial charge on any atom is 0.330 e. The third-order valence-electron chi connectivity index (χ3n) is 1.03. The van der Waals surface area contributed by atoms with Crippen molar-refractivity contribution < 1.29 is 19.1 Å². The largest absolute Gasteiger partial charge is 0.468 e. The number of hydrogen-bond acceptors (Lipinski definition) is 4. The van der Waals surface area contributed by atoms with Crippen LogP contribution in [0.1, 0.15) is 0 Å². The summed E-state index contributed by atoms with van der Waals surface area (Å²) in [5.74, 6) is -1.18. The summed E-state index contributed by atoms with van der Waals surface area (Å²) >= 11 is 5.46. The summed E-state index contributed by atoms with van der Waals surface area (Å²) in [7, 11) is 2.44. The zero-order valence-corrected chi connectivity index (χ0v) is 7.50. The second kappa shape index (κ2) is 5.60. The number of hydrogen-bond donors (Lipinski definition) is 0. The molecule has 0 amide bonds. The smallest absolute Gasteiger partial charge is 0.330 e. The van der Waals surface area contributed by atoms with Crippen LogP contribution >= 0.6 is 11.6 Å². The molecular weight excluding hydrogens is 184 g/mol. The van der Waals surface area contributed by atoms with Crippen molar-refractivity contribution in [2.75, 3.05) is 14.2 Å². The van der Waals surface area contributed by atoms with Crippen molar-refractivity contribution in [1.29, 1.82) is 0 Å². The molecule has 0 aliphatic heterocycles. The van der Waals surface area contributed by atoms with Gasteiger partial charge in [-0.2, -0.15) is 0 Å². The molecule has 0 aliphatic carbocycles. The molecule has 0 saturated carbocycles. The summed E-state index contributed by atoms with van der Waals surface area (Å²) in [6.45, 7) is 0. The van der Waals surface area contributed by atoms with Crippen LogP contribution in [0.5, 0.6) is 0 Å². The Hall–Kier alpha value is -1.03. The maximum absolute atomic E-state index is 10.7. The molecule has 1 atom stereocenters. The third-order valence-corrected chi connectivity index (χ3v) is 1.35. The van der Waals surface area contributed by atoms with E-state index in [4.69, 9.17) is 11.6 Å². The summed E-state index contributed by atoms with van der Waals surface area (Å²) in [5, 5.41) is -0.950. The number of alkyl halides is 1. The Morgan fingerprint density at radius 1 is 1.33 bits per heavy atom. The third kappa shape index (κ3) is 3.98. The number of carbonyl (C=O) groups is 2. The molecule has 0 aromatic rings. The van der Waals surface area contributed by atoms with Gasteiger partial charge < -0.3 is 9.47 Å². The first-order valence-electron chi connectivity index (χ1n) is 3.10. The summed E-state index contributed by atoms with van der Waals surface area (Å²) in [5.41, 5.74) is 0. The molecule has 1 unspecified atom stereocenters. The van der Waals surface area contributed by atoms with Crippen molar-refractivity contribution in [1.82, 2.24) is 0 Å². The van der Waals surface area contributed by atoms with Crippen LogP contribution in [0.25, 0.3) is 0 Å². The molecule has 68 valence electrons. The molecule has 0 aromatic heterocycles. The number of rotatable bonds is 3. The van der Waals surface area contributed by atoms with Crippen LogP contribution < -0.4 is 0 Å². The van der Waals surface area contributed by atoms with Gasteiger partial charge in [0.2, 0.25) is 0 Å². The zero-order valence-electron chi connectivity index (χ0n) is 6.74. The maximum atomic E-state index is 10.7. The Morgan fingerprint density at radius 2 is 1.92 bits per heavy atom. The second-order valence-corrected chi connectivity index (χ2v) is 2.28. The fourth-order valence-electron chi connectivity index (χ4n) is 0.422. The van der Waals surface area contributed by atoms with Gasteiger partial charge in [-0.05, 0) is 6.08 Å². The highest BCUT2D eigenvalue weighted by Crippen LogP contribution is 2.00. The van der Waals surface area contributed by atoms with Gasteiger partial charge in [-0.15, -0.1) is 11.6 Å². The molecule has 4 nitrogen and oxygen atoms in total. The molecule has 0 fully saturated rings. The first kappa shape index (κ1) is 11.0. The van der Waals surface area contributed by atoms with E-state index in [1.807, 2.05) is 0 Å². The minimum Gasteiger partial charge on any atom is -0.468 e. The van der Waals surface area contributed by atoms with E-state index in [1.165, 1.54) is 20.3 Å². The molecule has 0 spiro atoms. The lowest BCUT2D eigenvalue weighted by molar-refractivity contribution is -0.139. The summed E-state index contributed by atoms with van der Waals surface area (Å²) in [4.78, 5) is 21.2. The summed E-state index contributed by atoms with van der Waals surface area (Å²) < 4.78 is 8.58. The molecule has 0 aliphatic rings. The van der Waals surface area contributed by atoms with Crippen molar-refractivity contribution >= 4 is 23.5 Å². The first-order chi connectivity index (χ1) is 5.61. The monoisotopic (exact) mass is 192 g/mol. The van der Waals surface area contributed by atoms with E-state index >= 15 is 0 Å². The van der Waals surface area contributed by atoms with E-state index in [9.17, 15) is 9.59 Å². The molecular formula is C7H9ClO4. The molecule has 0 rings (SSSR count). The van der Waals surface area contributed by atoms with Gasteiger partial charge in [-0.25, -0.2) is 4.79 Å². The zero-order chi connectivity index (χ0) is 9.56. The van der Waals surface area contributed by atoms with Gasteiger partial charge in [0, 0.05) is 6.08 Å². The van der Waals surface area contributed by atoms with Crippen LogP contribution in [0, 0.1) is 0 Å². The highest BCUT2D eigenvalue weighted by Gasteiger charge is 2.11. The van der Waals surface area contributed by atoms with E-state index in [-0.39, 0.29) is 0 Å². The van der Waals surface area contributed by atoms with E-state index in [2.05, 4.69) is 9.47 Å². The van der Waals surface area contributed by atoms with Crippen LogP contribution in [0.4, 0.5) is 0 Å². The lowest BCUT2D eigenvalue weighted by Crippen LogP contribution is -2.13. The lowest BCUT2D eigenvalue weighted by atomic mass is 10.4. The van der Waals surface area contributed by atoms with E-state index in [1.54, 1.807) is 0 Å². The molecule has 5 heteroatoms. The average Bonchev–Trinajstić information content (AvgIpc) is 2.11. The van der Waals surface area contributed by atoms with E-state index < -0.39 is 17.3 Å². The van der Waals surface area contributed by atoms with E-state index in [0.717, 1.165) is 6.08 Å². The minimum atomic E-state index is -0.950. The van der Waals surface area contributed by atoms with Gasteiger partial charge in [0.15, 0.2) is 0 Å². The second-order valence-electron chi connectivity index (χ2n) is 1.81. The van der Waals surface area contributed by atoms with Crippen LogP contribution in [0.2, 0.25) is 0 Å². The minimum absolute atomic E-state index is 0.565. The van der Waals surface area contributed by atoms with Crippen molar-refractivity contribution in [3.63, 3.8) is 0 Å². The van der Waals surface area contributed by atoms with Crippen LogP contribution in [-0.4, -0.2) is 31.5 Å². The molecule has 0 bridgehead atoms. The Morgan fingerprint density at radius 3 is 2.33 bits per heavy atom. The molecule has 0 saturated heterocycles. The predicted molar refractivity (Wildman–Crippen MR) is 42.8 cm³/mol. The molecule has 12 heavy (non-hydrogen) atoms. The normalized spacial score (nSPS) is 12.6. The number of methoxy groups -OCH3 is 2. The van der Waals surface area contributed by atoms with Crippen LogP contribution in [0.15, 0.2) is 12.2 Å².